The fourth-order valence-corrected chi connectivity index (χ4v) is 3.40. The molecule has 114 valence electrons. The molecular weight excluding hydrogens is 248 g/mol. The third kappa shape index (κ3) is 4.30. The van der Waals surface area contributed by atoms with Crippen molar-refractivity contribution in [3.05, 3.63) is 11.9 Å². The minimum Gasteiger partial charge on any atom is -0.309 e. The van der Waals surface area contributed by atoms with Crippen LogP contribution in [0.2, 0.25) is 0 Å². The minimum atomic E-state index is 0.420. The second-order valence-electron chi connectivity index (χ2n) is 6.07. The largest absolute Gasteiger partial charge is 0.309 e. The predicted octanol–water partition coefficient (Wildman–Crippen LogP) is 3.70. The molecule has 1 aliphatic carbocycles. The third-order valence-corrected chi connectivity index (χ3v) is 4.48. The molecule has 0 radical (unpaired) electrons. The average Bonchev–Trinajstić information content (AvgIpc) is 2.93. The molecule has 0 amide bonds. The van der Waals surface area contributed by atoms with E-state index in [4.69, 9.17) is 0 Å². The number of rotatable bonds is 8. The summed E-state index contributed by atoms with van der Waals surface area (Å²) < 4.78 is 2.08. The first-order valence-electron chi connectivity index (χ1n) is 8.46. The molecule has 0 aromatic carbocycles. The van der Waals surface area contributed by atoms with Gasteiger partial charge in [-0.05, 0) is 31.7 Å². The summed E-state index contributed by atoms with van der Waals surface area (Å²) in [6.07, 6.45) is 12.8. The van der Waals surface area contributed by atoms with E-state index < -0.39 is 0 Å². The Morgan fingerprint density at radius 1 is 1.30 bits per heavy atom. The maximum Gasteiger partial charge on any atom is 0.0756 e. The lowest BCUT2D eigenvalue weighted by molar-refractivity contribution is 0.311. The summed E-state index contributed by atoms with van der Waals surface area (Å²) in [5.41, 5.74) is 1.27. The molecule has 0 aliphatic heterocycles. The SMILES string of the molecule is CCCn1nncc1C(CCC1CCCCC1)NCC. The van der Waals surface area contributed by atoms with Crippen molar-refractivity contribution in [3.63, 3.8) is 0 Å². The van der Waals surface area contributed by atoms with Crippen molar-refractivity contribution < 1.29 is 0 Å². The van der Waals surface area contributed by atoms with Crippen molar-refractivity contribution in [2.45, 2.75) is 77.8 Å². The van der Waals surface area contributed by atoms with Crippen molar-refractivity contribution in [3.8, 4) is 0 Å². The Hall–Kier alpha value is -0.900. The molecule has 1 N–H and O–H groups in total. The third-order valence-electron chi connectivity index (χ3n) is 4.48. The maximum absolute atomic E-state index is 4.23. The van der Waals surface area contributed by atoms with E-state index in [1.807, 2.05) is 6.20 Å². The Labute approximate surface area is 123 Å². The summed E-state index contributed by atoms with van der Waals surface area (Å²) in [6, 6.07) is 0.420. The van der Waals surface area contributed by atoms with Gasteiger partial charge in [0.15, 0.2) is 0 Å². The fourth-order valence-electron chi connectivity index (χ4n) is 3.40. The van der Waals surface area contributed by atoms with Gasteiger partial charge in [-0.1, -0.05) is 51.2 Å². The number of hydrogen-bond donors (Lipinski definition) is 1. The highest BCUT2D eigenvalue weighted by atomic mass is 15.4. The van der Waals surface area contributed by atoms with Gasteiger partial charge in [-0.25, -0.2) is 4.68 Å². The number of aromatic nitrogens is 3. The molecular formula is C16H30N4. The first-order chi connectivity index (χ1) is 9.85. The molecule has 1 fully saturated rings. The maximum atomic E-state index is 4.23. The summed E-state index contributed by atoms with van der Waals surface area (Å²) in [5.74, 6) is 0.945. The Morgan fingerprint density at radius 3 is 2.80 bits per heavy atom. The lowest BCUT2D eigenvalue weighted by atomic mass is 9.85. The molecule has 1 atom stereocenters. The summed E-state index contributed by atoms with van der Waals surface area (Å²) in [5, 5.41) is 12.0. The van der Waals surface area contributed by atoms with Crippen LogP contribution in [0.4, 0.5) is 0 Å². The Morgan fingerprint density at radius 2 is 2.10 bits per heavy atom. The summed E-state index contributed by atoms with van der Waals surface area (Å²) in [7, 11) is 0. The molecule has 1 heterocycles. The smallest absolute Gasteiger partial charge is 0.0756 e. The zero-order chi connectivity index (χ0) is 14.2. The van der Waals surface area contributed by atoms with Gasteiger partial charge in [0.05, 0.1) is 17.9 Å². The first-order valence-corrected chi connectivity index (χ1v) is 8.46. The van der Waals surface area contributed by atoms with E-state index in [2.05, 4.69) is 34.2 Å². The quantitative estimate of drug-likeness (QED) is 0.788. The van der Waals surface area contributed by atoms with Crippen molar-refractivity contribution in [2.75, 3.05) is 6.54 Å². The monoisotopic (exact) mass is 278 g/mol. The molecule has 0 saturated heterocycles. The van der Waals surface area contributed by atoms with E-state index in [1.54, 1.807) is 0 Å². The van der Waals surface area contributed by atoms with E-state index in [9.17, 15) is 0 Å². The van der Waals surface area contributed by atoms with Gasteiger partial charge in [0.2, 0.25) is 0 Å². The van der Waals surface area contributed by atoms with Crippen LogP contribution in [-0.4, -0.2) is 21.5 Å². The second-order valence-corrected chi connectivity index (χ2v) is 6.07. The van der Waals surface area contributed by atoms with Gasteiger partial charge < -0.3 is 5.32 Å². The fraction of sp³-hybridized carbons (Fsp3) is 0.875. The average molecular weight is 278 g/mol. The van der Waals surface area contributed by atoms with Crippen LogP contribution in [0.5, 0.6) is 0 Å². The van der Waals surface area contributed by atoms with Crippen LogP contribution in [0.15, 0.2) is 6.20 Å². The van der Waals surface area contributed by atoms with Crippen LogP contribution in [0.3, 0.4) is 0 Å². The van der Waals surface area contributed by atoms with Gasteiger partial charge in [-0.15, -0.1) is 5.10 Å². The van der Waals surface area contributed by atoms with Gasteiger partial charge in [-0.2, -0.15) is 0 Å². The topological polar surface area (TPSA) is 42.7 Å². The van der Waals surface area contributed by atoms with Gasteiger partial charge in [0, 0.05) is 6.54 Å². The Kier molecular flexibility index (Phi) is 6.51. The van der Waals surface area contributed by atoms with Crippen LogP contribution in [-0.2, 0) is 6.54 Å². The molecule has 20 heavy (non-hydrogen) atoms. The molecule has 1 aromatic heterocycles. The summed E-state index contributed by atoms with van der Waals surface area (Å²) in [6.45, 7) is 6.35. The Bertz CT molecular complexity index is 368. The zero-order valence-corrected chi connectivity index (χ0v) is 13.1. The van der Waals surface area contributed by atoms with E-state index in [0.717, 1.165) is 25.4 Å². The normalized spacial score (nSPS) is 18.3. The van der Waals surface area contributed by atoms with Gasteiger partial charge >= 0.3 is 0 Å². The number of nitrogens with one attached hydrogen (secondary N) is 1. The van der Waals surface area contributed by atoms with Crippen LogP contribution in [0.1, 0.15) is 76.9 Å². The van der Waals surface area contributed by atoms with E-state index >= 15 is 0 Å². The number of nitrogens with zero attached hydrogens (tertiary/aromatic N) is 3. The number of aryl methyl sites for hydroxylation is 1. The highest BCUT2D eigenvalue weighted by molar-refractivity contribution is 5.02. The molecule has 0 bridgehead atoms. The van der Waals surface area contributed by atoms with Gasteiger partial charge in [0.25, 0.3) is 0 Å². The van der Waals surface area contributed by atoms with E-state index in [0.29, 0.717) is 6.04 Å². The molecule has 1 unspecified atom stereocenters. The second kappa shape index (κ2) is 8.40. The van der Waals surface area contributed by atoms with Gasteiger partial charge in [-0.3, -0.25) is 0 Å². The zero-order valence-electron chi connectivity index (χ0n) is 13.1. The van der Waals surface area contributed by atoms with Crippen molar-refractivity contribution >= 4 is 0 Å². The minimum absolute atomic E-state index is 0.420. The van der Waals surface area contributed by atoms with Crippen molar-refractivity contribution in [1.29, 1.82) is 0 Å². The van der Waals surface area contributed by atoms with Crippen LogP contribution in [0, 0.1) is 5.92 Å². The molecule has 4 heteroatoms. The molecule has 4 nitrogen and oxygen atoms in total. The Balaban J connectivity index is 1.93. The van der Waals surface area contributed by atoms with Crippen LogP contribution in [0.25, 0.3) is 0 Å². The van der Waals surface area contributed by atoms with Crippen molar-refractivity contribution in [2.24, 2.45) is 5.92 Å². The van der Waals surface area contributed by atoms with E-state index in [-0.39, 0.29) is 0 Å². The number of hydrogen-bond acceptors (Lipinski definition) is 3. The van der Waals surface area contributed by atoms with Crippen LogP contribution >= 0.6 is 0 Å². The first kappa shape index (κ1) is 15.5. The van der Waals surface area contributed by atoms with Crippen molar-refractivity contribution in [1.82, 2.24) is 20.3 Å². The molecule has 1 saturated carbocycles. The molecule has 0 spiro atoms. The molecule has 2 rings (SSSR count). The van der Waals surface area contributed by atoms with E-state index in [1.165, 1.54) is 50.6 Å². The standard InChI is InChI=1S/C16H30N4/c1-3-12-20-16(13-18-19-20)15(17-4-2)11-10-14-8-6-5-7-9-14/h13-15,17H,3-12H2,1-2H3. The van der Waals surface area contributed by atoms with Crippen LogP contribution < -0.4 is 5.32 Å². The highest BCUT2D eigenvalue weighted by Gasteiger charge is 2.19. The summed E-state index contributed by atoms with van der Waals surface area (Å²) >= 11 is 0. The molecule has 1 aliphatic rings. The predicted molar refractivity (Wildman–Crippen MR) is 82.5 cm³/mol. The lowest BCUT2D eigenvalue weighted by Gasteiger charge is -2.25. The lowest BCUT2D eigenvalue weighted by Crippen LogP contribution is -2.25. The molecule has 1 aromatic rings. The highest BCUT2D eigenvalue weighted by Crippen LogP contribution is 2.30. The van der Waals surface area contributed by atoms with Gasteiger partial charge in [0.1, 0.15) is 0 Å². The summed E-state index contributed by atoms with van der Waals surface area (Å²) in [4.78, 5) is 0.